The molecule has 0 saturated carbocycles. The highest BCUT2D eigenvalue weighted by Gasteiger charge is 2.26. The Morgan fingerprint density at radius 1 is 1.29 bits per heavy atom. The van der Waals surface area contributed by atoms with E-state index in [4.69, 9.17) is 5.73 Å². The number of benzene rings is 2. The lowest BCUT2D eigenvalue weighted by molar-refractivity contribution is 0.0982. The average Bonchev–Trinajstić information content (AvgIpc) is 2.49. The summed E-state index contributed by atoms with van der Waals surface area (Å²) < 4.78 is 0.915. The minimum absolute atomic E-state index is 0.0106. The maximum atomic E-state index is 12.8. The van der Waals surface area contributed by atoms with Crippen LogP contribution in [0.3, 0.4) is 0 Å². The molecule has 1 aliphatic heterocycles. The number of nitrogen functional groups attached to an aromatic ring is 1. The fraction of sp³-hybridized carbons (Fsp3) is 0.188. The molecule has 108 valence electrons. The number of carbonyl (C=O) groups is 1. The molecule has 0 aliphatic carbocycles. The summed E-state index contributed by atoms with van der Waals surface area (Å²) in [6.45, 7) is 0.639. The third-order valence-electron chi connectivity index (χ3n) is 3.72. The average molecular weight is 394 g/mol. The van der Waals surface area contributed by atoms with Crippen molar-refractivity contribution < 1.29 is 9.90 Å². The van der Waals surface area contributed by atoms with Crippen molar-refractivity contribution in [1.82, 2.24) is 0 Å². The molecule has 2 aromatic carbocycles. The van der Waals surface area contributed by atoms with Gasteiger partial charge < -0.3 is 15.7 Å². The monoisotopic (exact) mass is 394 g/mol. The molecule has 2 aromatic rings. The van der Waals surface area contributed by atoms with Gasteiger partial charge >= 0.3 is 0 Å². The lowest BCUT2D eigenvalue weighted by Crippen LogP contribution is -2.35. The lowest BCUT2D eigenvalue weighted by atomic mass is 9.99. The fourth-order valence-electron chi connectivity index (χ4n) is 2.69. The van der Waals surface area contributed by atoms with Crippen LogP contribution < -0.4 is 10.6 Å². The molecule has 4 nitrogen and oxygen atoms in total. The van der Waals surface area contributed by atoms with Gasteiger partial charge in [0.05, 0.1) is 5.56 Å². The van der Waals surface area contributed by atoms with E-state index in [1.54, 1.807) is 23.1 Å². The SMILES string of the molecule is Nc1cccc2c1CCCN2C(=O)c1cc(I)ccc1O. The van der Waals surface area contributed by atoms with E-state index in [2.05, 4.69) is 22.6 Å². The normalized spacial score (nSPS) is 13.9. The molecular formula is C16H15IN2O2. The number of hydrogen-bond donors (Lipinski definition) is 2. The number of rotatable bonds is 1. The predicted octanol–water partition coefficient (Wildman–Crippen LogP) is 3.17. The van der Waals surface area contributed by atoms with Gasteiger partial charge in [-0.3, -0.25) is 4.79 Å². The van der Waals surface area contributed by atoms with Crippen molar-refractivity contribution >= 4 is 39.9 Å². The minimum Gasteiger partial charge on any atom is -0.507 e. The van der Waals surface area contributed by atoms with Crippen molar-refractivity contribution in [2.24, 2.45) is 0 Å². The van der Waals surface area contributed by atoms with E-state index in [1.807, 2.05) is 18.2 Å². The fourth-order valence-corrected chi connectivity index (χ4v) is 3.18. The zero-order chi connectivity index (χ0) is 15.0. The van der Waals surface area contributed by atoms with Gasteiger partial charge in [0.25, 0.3) is 5.91 Å². The van der Waals surface area contributed by atoms with E-state index < -0.39 is 0 Å². The molecule has 0 fully saturated rings. The zero-order valence-corrected chi connectivity index (χ0v) is 13.5. The summed E-state index contributed by atoms with van der Waals surface area (Å²) in [5, 5.41) is 9.96. The van der Waals surface area contributed by atoms with Gasteiger partial charge in [-0.1, -0.05) is 6.07 Å². The number of nitrogens with zero attached hydrogens (tertiary/aromatic N) is 1. The van der Waals surface area contributed by atoms with Crippen LogP contribution in [0.1, 0.15) is 22.3 Å². The van der Waals surface area contributed by atoms with Gasteiger partial charge in [-0.15, -0.1) is 0 Å². The summed E-state index contributed by atoms with van der Waals surface area (Å²) >= 11 is 2.13. The second-order valence-electron chi connectivity index (χ2n) is 5.07. The smallest absolute Gasteiger partial charge is 0.262 e. The first-order valence-electron chi connectivity index (χ1n) is 6.75. The number of carbonyl (C=O) groups excluding carboxylic acids is 1. The molecule has 0 spiro atoms. The quantitative estimate of drug-likeness (QED) is 0.577. The molecule has 3 rings (SSSR count). The van der Waals surface area contributed by atoms with Crippen LogP contribution >= 0.6 is 22.6 Å². The lowest BCUT2D eigenvalue weighted by Gasteiger charge is -2.30. The van der Waals surface area contributed by atoms with Gasteiger partial charge in [0.2, 0.25) is 0 Å². The number of anilines is 2. The second kappa shape index (κ2) is 5.55. The van der Waals surface area contributed by atoms with Gasteiger partial charge in [0, 0.05) is 21.5 Å². The number of phenolic OH excluding ortho intramolecular Hbond substituents is 1. The topological polar surface area (TPSA) is 66.6 Å². The van der Waals surface area contributed by atoms with E-state index in [1.165, 1.54) is 0 Å². The summed E-state index contributed by atoms with van der Waals surface area (Å²) in [6.07, 6.45) is 1.75. The zero-order valence-electron chi connectivity index (χ0n) is 11.3. The maximum absolute atomic E-state index is 12.8. The summed E-state index contributed by atoms with van der Waals surface area (Å²) in [7, 11) is 0. The second-order valence-corrected chi connectivity index (χ2v) is 6.31. The molecule has 1 heterocycles. The van der Waals surface area contributed by atoms with Crippen molar-refractivity contribution in [2.75, 3.05) is 17.2 Å². The van der Waals surface area contributed by atoms with Crippen molar-refractivity contribution in [1.29, 1.82) is 0 Å². The van der Waals surface area contributed by atoms with Crippen LogP contribution in [-0.4, -0.2) is 17.6 Å². The first-order valence-corrected chi connectivity index (χ1v) is 7.83. The molecule has 0 radical (unpaired) electrons. The Hall–Kier alpha value is -1.76. The van der Waals surface area contributed by atoms with Crippen LogP contribution in [0.4, 0.5) is 11.4 Å². The molecule has 0 unspecified atom stereocenters. The van der Waals surface area contributed by atoms with E-state index >= 15 is 0 Å². The Morgan fingerprint density at radius 3 is 2.90 bits per heavy atom. The number of hydrogen-bond acceptors (Lipinski definition) is 3. The van der Waals surface area contributed by atoms with Gasteiger partial charge in [-0.2, -0.15) is 0 Å². The molecule has 0 atom stereocenters. The molecule has 1 amide bonds. The predicted molar refractivity (Wildman–Crippen MR) is 91.7 cm³/mol. The third kappa shape index (κ3) is 2.57. The van der Waals surface area contributed by atoms with E-state index in [0.29, 0.717) is 12.1 Å². The number of halogens is 1. The number of aromatic hydroxyl groups is 1. The molecule has 0 bridgehead atoms. The summed E-state index contributed by atoms with van der Waals surface area (Å²) in [5.41, 5.74) is 8.93. The first kappa shape index (κ1) is 14.2. The number of phenols is 1. The Labute approximate surface area is 136 Å². The van der Waals surface area contributed by atoms with Gasteiger partial charge in [-0.25, -0.2) is 0 Å². The van der Waals surface area contributed by atoms with Crippen LogP contribution in [0.15, 0.2) is 36.4 Å². The Morgan fingerprint density at radius 2 is 2.10 bits per heavy atom. The van der Waals surface area contributed by atoms with Crippen molar-refractivity contribution in [3.63, 3.8) is 0 Å². The highest BCUT2D eigenvalue weighted by atomic mass is 127. The third-order valence-corrected chi connectivity index (χ3v) is 4.39. The Bertz CT molecular complexity index is 715. The number of amides is 1. The molecular weight excluding hydrogens is 379 g/mol. The van der Waals surface area contributed by atoms with Gasteiger partial charge in [-0.05, 0) is 71.3 Å². The first-order chi connectivity index (χ1) is 10.1. The van der Waals surface area contributed by atoms with Crippen molar-refractivity contribution in [2.45, 2.75) is 12.8 Å². The van der Waals surface area contributed by atoms with Crippen LogP contribution in [0.5, 0.6) is 5.75 Å². The van der Waals surface area contributed by atoms with Gasteiger partial charge in [0.1, 0.15) is 5.75 Å². The van der Waals surface area contributed by atoms with Crippen molar-refractivity contribution in [3.05, 3.63) is 51.1 Å². The highest BCUT2D eigenvalue weighted by molar-refractivity contribution is 14.1. The highest BCUT2D eigenvalue weighted by Crippen LogP contribution is 2.33. The molecule has 3 N–H and O–H groups in total. The summed E-state index contributed by atoms with van der Waals surface area (Å²) in [6, 6.07) is 10.7. The summed E-state index contributed by atoms with van der Waals surface area (Å²) in [4.78, 5) is 14.5. The summed E-state index contributed by atoms with van der Waals surface area (Å²) in [5.74, 6) is -0.172. The van der Waals surface area contributed by atoms with E-state index in [0.717, 1.165) is 33.4 Å². The molecule has 0 saturated heterocycles. The molecule has 5 heteroatoms. The van der Waals surface area contributed by atoms with E-state index in [-0.39, 0.29) is 11.7 Å². The molecule has 21 heavy (non-hydrogen) atoms. The maximum Gasteiger partial charge on any atom is 0.262 e. The Kier molecular flexibility index (Phi) is 3.75. The number of fused-ring (bicyclic) bond motifs is 1. The Balaban J connectivity index is 2.04. The largest absolute Gasteiger partial charge is 0.507 e. The van der Waals surface area contributed by atoms with E-state index in [9.17, 15) is 9.90 Å². The van der Waals surface area contributed by atoms with Gasteiger partial charge in [0.15, 0.2) is 0 Å². The van der Waals surface area contributed by atoms with Crippen molar-refractivity contribution in [3.8, 4) is 5.75 Å². The van der Waals surface area contributed by atoms with Crippen LogP contribution in [-0.2, 0) is 6.42 Å². The van der Waals surface area contributed by atoms with Crippen LogP contribution in [0.2, 0.25) is 0 Å². The minimum atomic E-state index is -0.183. The van der Waals surface area contributed by atoms with Crippen LogP contribution in [0.25, 0.3) is 0 Å². The standard InChI is InChI=1S/C16H15IN2O2/c17-10-6-7-15(20)12(9-10)16(21)19-8-2-3-11-13(18)4-1-5-14(11)19/h1,4-7,9,20H,2-3,8,18H2. The number of nitrogens with two attached hydrogens (primary N) is 1. The molecule has 0 aromatic heterocycles. The molecule has 1 aliphatic rings. The van der Waals surface area contributed by atoms with Crippen LogP contribution in [0, 0.1) is 3.57 Å².